The zero-order valence-corrected chi connectivity index (χ0v) is 12.4. The van der Waals surface area contributed by atoms with Crippen molar-refractivity contribution in [3.8, 4) is 0 Å². The molecule has 0 aliphatic carbocycles. The van der Waals surface area contributed by atoms with Crippen LogP contribution in [-0.4, -0.2) is 58.2 Å². The van der Waals surface area contributed by atoms with E-state index in [1.807, 2.05) is 0 Å². The van der Waals surface area contributed by atoms with Crippen LogP contribution < -0.4 is 10.0 Å². The molecule has 108 valence electrons. The minimum Gasteiger partial charge on any atom is -0.337 e. The molecule has 1 atom stereocenters. The van der Waals surface area contributed by atoms with Gasteiger partial charge in [0.15, 0.2) is 0 Å². The molecule has 0 aromatic rings. The van der Waals surface area contributed by atoms with Gasteiger partial charge < -0.3 is 10.2 Å². The zero-order chi connectivity index (χ0) is 12.9. The SMILES string of the molecule is CNCC(=O)N1CCCCC1CNS(C)(=O)=O.Cl. The molecule has 6 nitrogen and oxygen atoms in total. The van der Waals surface area contributed by atoms with Crippen molar-refractivity contribution in [2.24, 2.45) is 0 Å². The van der Waals surface area contributed by atoms with Crippen LogP contribution in [0.15, 0.2) is 0 Å². The van der Waals surface area contributed by atoms with Crippen LogP contribution in [0.4, 0.5) is 0 Å². The first-order valence-electron chi connectivity index (χ1n) is 5.83. The van der Waals surface area contributed by atoms with E-state index in [4.69, 9.17) is 0 Å². The van der Waals surface area contributed by atoms with Crippen LogP contribution in [0.2, 0.25) is 0 Å². The van der Waals surface area contributed by atoms with E-state index >= 15 is 0 Å². The fourth-order valence-electron chi connectivity index (χ4n) is 2.04. The van der Waals surface area contributed by atoms with Gasteiger partial charge in [-0.2, -0.15) is 0 Å². The van der Waals surface area contributed by atoms with Crippen molar-refractivity contribution in [1.82, 2.24) is 14.9 Å². The largest absolute Gasteiger partial charge is 0.337 e. The van der Waals surface area contributed by atoms with E-state index in [1.165, 1.54) is 0 Å². The van der Waals surface area contributed by atoms with Gasteiger partial charge in [-0.3, -0.25) is 4.79 Å². The number of carbonyl (C=O) groups excluding carboxylic acids is 1. The van der Waals surface area contributed by atoms with Crippen LogP contribution in [0.1, 0.15) is 19.3 Å². The summed E-state index contributed by atoms with van der Waals surface area (Å²) in [4.78, 5) is 13.6. The van der Waals surface area contributed by atoms with Crippen LogP contribution in [0.5, 0.6) is 0 Å². The van der Waals surface area contributed by atoms with Gasteiger partial charge in [-0.1, -0.05) is 0 Å². The standard InChI is InChI=1S/C10H21N3O3S.ClH/c1-11-8-10(14)13-6-4-3-5-9(13)7-12-17(2,15)16;/h9,11-12H,3-8H2,1-2H3;1H. The summed E-state index contributed by atoms with van der Waals surface area (Å²) in [5.74, 6) is 0.0347. The van der Waals surface area contributed by atoms with Gasteiger partial charge in [0.1, 0.15) is 0 Å². The highest BCUT2D eigenvalue weighted by Gasteiger charge is 2.26. The number of halogens is 1. The molecule has 18 heavy (non-hydrogen) atoms. The molecule has 1 fully saturated rings. The first-order chi connectivity index (χ1) is 7.94. The molecule has 1 amide bonds. The number of nitrogens with zero attached hydrogens (tertiary/aromatic N) is 1. The lowest BCUT2D eigenvalue weighted by molar-refractivity contribution is -0.133. The van der Waals surface area contributed by atoms with Crippen LogP contribution in [0.3, 0.4) is 0 Å². The maximum atomic E-state index is 11.8. The van der Waals surface area contributed by atoms with E-state index in [1.54, 1.807) is 11.9 Å². The van der Waals surface area contributed by atoms with Crippen LogP contribution in [-0.2, 0) is 14.8 Å². The highest BCUT2D eigenvalue weighted by Crippen LogP contribution is 2.16. The van der Waals surface area contributed by atoms with Gasteiger partial charge in [0.2, 0.25) is 15.9 Å². The van der Waals surface area contributed by atoms with Crippen molar-refractivity contribution >= 4 is 28.3 Å². The molecule has 2 N–H and O–H groups in total. The summed E-state index contributed by atoms with van der Waals surface area (Å²) < 4.78 is 24.6. The highest BCUT2D eigenvalue weighted by atomic mass is 35.5. The Morgan fingerprint density at radius 2 is 2.06 bits per heavy atom. The van der Waals surface area contributed by atoms with Gasteiger partial charge in [-0.05, 0) is 26.3 Å². The topological polar surface area (TPSA) is 78.5 Å². The molecule has 1 unspecified atom stereocenters. The summed E-state index contributed by atoms with van der Waals surface area (Å²) in [7, 11) is -1.46. The molecule has 0 radical (unpaired) electrons. The third-order valence-corrected chi connectivity index (χ3v) is 3.55. The van der Waals surface area contributed by atoms with Gasteiger partial charge in [0.05, 0.1) is 12.8 Å². The summed E-state index contributed by atoms with van der Waals surface area (Å²) in [5.41, 5.74) is 0. The molecule has 0 aromatic heterocycles. The minimum atomic E-state index is -3.19. The number of sulfonamides is 1. The fourth-order valence-corrected chi connectivity index (χ4v) is 2.54. The third-order valence-electron chi connectivity index (χ3n) is 2.86. The Balaban J connectivity index is 0.00000289. The Morgan fingerprint density at radius 1 is 1.39 bits per heavy atom. The number of hydrogen-bond acceptors (Lipinski definition) is 4. The summed E-state index contributed by atoms with van der Waals surface area (Å²) in [6.07, 6.45) is 4.03. The summed E-state index contributed by atoms with van der Waals surface area (Å²) in [6.45, 7) is 1.33. The number of amides is 1. The number of likely N-dealkylation sites (tertiary alicyclic amines) is 1. The molecule has 1 rings (SSSR count). The van der Waals surface area contributed by atoms with Gasteiger partial charge in [-0.15, -0.1) is 12.4 Å². The molecule has 1 saturated heterocycles. The number of carbonyl (C=O) groups is 1. The molecular weight excluding hydrogens is 278 g/mol. The van der Waals surface area contributed by atoms with Crippen LogP contribution >= 0.6 is 12.4 Å². The lowest BCUT2D eigenvalue weighted by Crippen LogP contribution is -2.51. The predicted octanol–water partition coefficient (Wildman–Crippen LogP) is -0.442. The normalized spacial score (nSPS) is 20.3. The second kappa shape index (κ2) is 7.93. The molecule has 0 aromatic carbocycles. The quantitative estimate of drug-likeness (QED) is 0.721. The molecule has 0 saturated carbocycles. The van der Waals surface area contributed by atoms with E-state index < -0.39 is 10.0 Å². The van der Waals surface area contributed by atoms with Gasteiger partial charge >= 0.3 is 0 Å². The van der Waals surface area contributed by atoms with Crippen molar-refractivity contribution in [1.29, 1.82) is 0 Å². The molecule has 0 spiro atoms. The van der Waals surface area contributed by atoms with E-state index in [-0.39, 0.29) is 24.4 Å². The molecule has 1 heterocycles. The van der Waals surface area contributed by atoms with Crippen molar-refractivity contribution in [3.05, 3.63) is 0 Å². The Labute approximate surface area is 115 Å². The average Bonchev–Trinajstić information content (AvgIpc) is 2.26. The molecule has 0 bridgehead atoms. The van der Waals surface area contributed by atoms with Gasteiger partial charge in [-0.25, -0.2) is 13.1 Å². The van der Waals surface area contributed by atoms with Crippen LogP contribution in [0, 0.1) is 0 Å². The smallest absolute Gasteiger partial charge is 0.236 e. The number of piperidine rings is 1. The van der Waals surface area contributed by atoms with Gasteiger partial charge in [0, 0.05) is 19.1 Å². The first kappa shape index (κ1) is 17.6. The Hall–Kier alpha value is -0.370. The summed E-state index contributed by atoms with van der Waals surface area (Å²) in [5, 5.41) is 2.83. The Bertz CT molecular complexity index is 361. The summed E-state index contributed by atoms with van der Waals surface area (Å²) in [6, 6.07) is -0.0145. The fraction of sp³-hybridized carbons (Fsp3) is 0.900. The van der Waals surface area contributed by atoms with Crippen LogP contribution in [0.25, 0.3) is 0 Å². The molecule has 1 aliphatic rings. The summed E-state index contributed by atoms with van der Waals surface area (Å²) >= 11 is 0. The molecular formula is C10H22ClN3O3S. The van der Waals surface area contributed by atoms with Crippen molar-refractivity contribution in [3.63, 3.8) is 0 Å². The second-order valence-electron chi connectivity index (χ2n) is 4.39. The number of rotatable bonds is 5. The Kier molecular flexibility index (Phi) is 7.77. The van der Waals surface area contributed by atoms with E-state index in [9.17, 15) is 13.2 Å². The third kappa shape index (κ3) is 5.99. The second-order valence-corrected chi connectivity index (χ2v) is 6.22. The lowest BCUT2D eigenvalue weighted by atomic mass is 10.0. The molecule has 8 heteroatoms. The van der Waals surface area contributed by atoms with E-state index in [2.05, 4.69) is 10.0 Å². The van der Waals surface area contributed by atoms with E-state index in [0.29, 0.717) is 13.1 Å². The molecule has 1 aliphatic heterocycles. The van der Waals surface area contributed by atoms with Crippen molar-refractivity contribution in [2.45, 2.75) is 25.3 Å². The predicted molar refractivity (Wildman–Crippen MR) is 73.4 cm³/mol. The van der Waals surface area contributed by atoms with Gasteiger partial charge in [0.25, 0.3) is 0 Å². The van der Waals surface area contributed by atoms with Crippen molar-refractivity contribution in [2.75, 3.05) is 32.9 Å². The zero-order valence-electron chi connectivity index (χ0n) is 10.8. The maximum Gasteiger partial charge on any atom is 0.236 e. The minimum absolute atomic E-state index is 0. The first-order valence-corrected chi connectivity index (χ1v) is 7.72. The van der Waals surface area contributed by atoms with E-state index in [0.717, 1.165) is 32.1 Å². The number of nitrogens with one attached hydrogen (secondary N) is 2. The lowest BCUT2D eigenvalue weighted by Gasteiger charge is -2.35. The monoisotopic (exact) mass is 299 g/mol. The Morgan fingerprint density at radius 3 is 2.61 bits per heavy atom. The maximum absolute atomic E-state index is 11.8. The highest BCUT2D eigenvalue weighted by molar-refractivity contribution is 7.88. The number of likely N-dealkylation sites (N-methyl/N-ethyl adjacent to an activating group) is 1. The number of hydrogen-bond donors (Lipinski definition) is 2. The average molecular weight is 300 g/mol. The van der Waals surface area contributed by atoms with Crippen molar-refractivity contribution < 1.29 is 13.2 Å².